The third-order valence-electron chi connectivity index (χ3n) is 5.53. The summed E-state index contributed by atoms with van der Waals surface area (Å²) in [4.78, 5) is 20.1. The highest BCUT2D eigenvalue weighted by Gasteiger charge is 2.17. The van der Waals surface area contributed by atoms with Crippen molar-refractivity contribution in [2.75, 3.05) is 5.32 Å². The van der Waals surface area contributed by atoms with Crippen LogP contribution in [0.2, 0.25) is 0 Å². The molecule has 142 valence electrons. The minimum Gasteiger partial charge on any atom is -0.337 e. The molecule has 1 aromatic carbocycles. The maximum Gasteiger partial charge on any atom is 0.180 e. The number of hydrogen-bond acceptors (Lipinski definition) is 4. The van der Waals surface area contributed by atoms with Crippen LogP contribution in [0.1, 0.15) is 48.3 Å². The van der Waals surface area contributed by atoms with Crippen molar-refractivity contribution in [2.24, 2.45) is 5.92 Å². The molecular formula is C23H24N4O. The lowest BCUT2D eigenvalue weighted by Gasteiger charge is -2.19. The molecule has 1 atom stereocenters. The smallest absolute Gasteiger partial charge is 0.180 e. The van der Waals surface area contributed by atoms with E-state index in [9.17, 15) is 4.79 Å². The van der Waals surface area contributed by atoms with Crippen LogP contribution in [0.15, 0.2) is 54.5 Å². The number of benzene rings is 1. The second-order valence-corrected chi connectivity index (χ2v) is 7.32. The molecule has 0 aliphatic heterocycles. The summed E-state index contributed by atoms with van der Waals surface area (Å²) in [5.41, 5.74) is 6.98. The van der Waals surface area contributed by atoms with Crippen LogP contribution in [0.25, 0.3) is 11.2 Å². The van der Waals surface area contributed by atoms with Crippen LogP contribution >= 0.6 is 0 Å². The first kappa shape index (κ1) is 18.2. The van der Waals surface area contributed by atoms with E-state index >= 15 is 0 Å². The number of aromatic nitrogens is 3. The summed E-state index contributed by atoms with van der Waals surface area (Å²) in [6.07, 6.45) is 13.3. The first-order chi connectivity index (χ1) is 13.6. The van der Waals surface area contributed by atoms with Gasteiger partial charge in [0.15, 0.2) is 11.5 Å². The average Bonchev–Trinajstić information content (AvgIpc) is 3.13. The molecule has 1 aliphatic carbocycles. The van der Waals surface area contributed by atoms with Gasteiger partial charge in [0.2, 0.25) is 0 Å². The molecular weight excluding hydrogens is 348 g/mol. The fourth-order valence-corrected chi connectivity index (χ4v) is 3.79. The Morgan fingerprint density at radius 2 is 2.14 bits per heavy atom. The Morgan fingerprint density at radius 3 is 2.86 bits per heavy atom. The van der Waals surface area contributed by atoms with Crippen LogP contribution in [-0.4, -0.2) is 20.7 Å². The molecule has 0 radical (unpaired) electrons. The summed E-state index contributed by atoms with van der Waals surface area (Å²) < 4.78 is 2.07. The van der Waals surface area contributed by atoms with E-state index in [0.717, 1.165) is 35.3 Å². The van der Waals surface area contributed by atoms with Gasteiger partial charge in [0.05, 0.1) is 11.9 Å². The van der Waals surface area contributed by atoms with Crippen molar-refractivity contribution in [3.63, 3.8) is 0 Å². The molecule has 1 N–H and O–H groups in total. The molecule has 4 rings (SSSR count). The standard InChI is InChI=1S/C23H24N4O/c1-4-17-5-6-18(11-15(17)2)21-13-25-23-22(24-9-10-27(21)23)26-20-8-7-19(14-28)16(3)12-20/h6-14,17H,4-5H2,1-3H3,(H,24,26). The number of carbonyl (C=O) groups is 1. The van der Waals surface area contributed by atoms with E-state index < -0.39 is 0 Å². The number of aryl methyl sites for hydroxylation is 1. The van der Waals surface area contributed by atoms with Gasteiger partial charge in [0, 0.05) is 23.6 Å². The zero-order valence-electron chi connectivity index (χ0n) is 16.4. The third-order valence-corrected chi connectivity index (χ3v) is 5.53. The Balaban J connectivity index is 1.69. The highest BCUT2D eigenvalue weighted by molar-refractivity contribution is 5.81. The molecule has 5 nitrogen and oxygen atoms in total. The average molecular weight is 372 g/mol. The van der Waals surface area contributed by atoms with Crippen molar-refractivity contribution in [3.8, 4) is 0 Å². The lowest BCUT2D eigenvalue weighted by atomic mass is 9.87. The Kier molecular flexibility index (Phi) is 4.82. The van der Waals surface area contributed by atoms with E-state index in [0.29, 0.717) is 17.3 Å². The highest BCUT2D eigenvalue weighted by Crippen LogP contribution is 2.32. The van der Waals surface area contributed by atoms with Crippen LogP contribution in [0.5, 0.6) is 0 Å². The number of carbonyl (C=O) groups excluding carboxylic acids is 1. The maximum absolute atomic E-state index is 11.0. The zero-order valence-corrected chi connectivity index (χ0v) is 16.4. The number of fused-ring (bicyclic) bond motifs is 1. The SMILES string of the molecule is CCC1CC=C(c2cnc3c(Nc4ccc(C=O)c(C)c4)nccn23)C=C1C. The number of aldehydes is 1. The molecule has 0 saturated heterocycles. The van der Waals surface area contributed by atoms with Gasteiger partial charge in [0.1, 0.15) is 6.29 Å². The summed E-state index contributed by atoms with van der Waals surface area (Å²) in [5, 5.41) is 3.34. The van der Waals surface area contributed by atoms with Gasteiger partial charge in [-0.15, -0.1) is 0 Å². The molecule has 0 bridgehead atoms. The summed E-state index contributed by atoms with van der Waals surface area (Å²) in [6.45, 7) is 6.37. The van der Waals surface area contributed by atoms with Crippen LogP contribution in [-0.2, 0) is 0 Å². The first-order valence-corrected chi connectivity index (χ1v) is 9.64. The van der Waals surface area contributed by atoms with Crippen molar-refractivity contribution in [1.29, 1.82) is 0 Å². The minimum absolute atomic E-state index is 0.638. The summed E-state index contributed by atoms with van der Waals surface area (Å²) in [7, 11) is 0. The Hall–Kier alpha value is -3.21. The number of anilines is 2. The third kappa shape index (κ3) is 3.24. The molecule has 2 aromatic heterocycles. The number of rotatable bonds is 5. The zero-order chi connectivity index (χ0) is 19.7. The van der Waals surface area contributed by atoms with Gasteiger partial charge in [-0.25, -0.2) is 9.97 Å². The predicted octanol–water partition coefficient (Wildman–Crippen LogP) is 5.35. The van der Waals surface area contributed by atoms with Crippen molar-refractivity contribution in [3.05, 3.63) is 71.3 Å². The van der Waals surface area contributed by atoms with E-state index in [2.05, 4.69) is 45.7 Å². The predicted molar refractivity (Wildman–Crippen MR) is 113 cm³/mol. The molecule has 28 heavy (non-hydrogen) atoms. The number of nitrogens with zero attached hydrogens (tertiary/aromatic N) is 3. The topological polar surface area (TPSA) is 59.3 Å². The maximum atomic E-state index is 11.0. The van der Waals surface area contributed by atoms with E-state index in [4.69, 9.17) is 0 Å². The molecule has 0 fully saturated rings. The van der Waals surface area contributed by atoms with Gasteiger partial charge in [-0.3, -0.25) is 9.20 Å². The second-order valence-electron chi connectivity index (χ2n) is 7.32. The Bertz CT molecular complexity index is 1110. The van der Waals surface area contributed by atoms with Crippen LogP contribution in [0.3, 0.4) is 0 Å². The molecule has 0 spiro atoms. The van der Waals surface area contributed by atoms with Crippen molar-refractivity contribution >= 4 is 29.0 Å². The van der Waals surface area contributed by atoms with Gasteiger partial charge in [-0.2, -0.15) is 0 Å². The molecule has 1 unspecified atom stereocenters. The Morgan fingerprint density at radius 1 is 1.29 bits per heavy atom. The van der Waals surface area contributed by atoms with Crippen molar-refractivity contribution in [1.82, 2.24) is 14.4 Å². The molecule has 1 aliphatic rings. The summed E-state index contributed by atoms with van der Waals surface area (Å²) >= 11 is 0. The number of allylic oxidation sites excluding steroid dienone is 4. The van der Waals surface area contributed by atoms with Crippen molar-refractivity contribution in [2.45, 2.75) is 33.6 Å². The highest BCUT2D eigenvalue weighted by atomic mass is 16.1. The fraction of sp³-hybridized carbons (Fsp3) is 0.261. The van der Waals surface area contributed by atoms with Crippen LogP contribution in [0, 0.1) is 12.8 Å². The Labute approximate surface area is 164 Å². The molecule has 0 saturated carbocycles. The monoisotopic (exact) mass is 372 g/mol. The van der Waals surface area contributed by atoms with E-state index in [1.807, 2.05) is 37.5 Å². The fourth-order valence-electron chi connectivity index (χ4n) is 3.79. The van der Waals surface area contributed by atoms with Gasteiger partial charge >= 0.3 is 0 Å². The molecule has 2 heterocycles. The van der Waals surface area contributed by atoms with Crippen LogP contribution < -0.4 is 5.32 Å². The first-order valence-electron chi connectivity index (χ1n) is 9.64. The van der Waals surface area contributed by atoms with Gasteiger partial charge in [-0.05, 0) is 61.9 Å². The van der Waals surface area contributed by atoms with Crippen LogP contribution in [0.4, 0.5) is 11.5 Å². The molecule has 0 amide bonds. The second kappa shape index (κ2) is 7.43. The lowest BCUT2D eigenvalue weighted by molar-refractivity contribution is 0.112. The van der Waals surface area contributed by atoms with Crippen molar-refractivity contribution < 1.29 is 4.79 Å². The van der Waals surface area contributed by atoms with E-state index in [1.165, 1.54) is 17.6 Å². The minimum atomic E-state index is 0.638. The number of imidazole rings is 1. The van der Waals surface area contributed by atoms with Gasteiger partial charge in [0.25, 0.3) is 0 Å². The summed E-state index contributed by atoms with van der Waals surface area (Å²) in [6, 6.07) is 5.64. The quantitative estimate of drug-likeness (QED) is 0.613. The number of nitrogens with one attached hydrogen (secondary N) is 1. The number of hydrogen-bond donors (Lipinski definition) is 1. The van der Waals surface area contributed by atoms with Gasteiger partial charge < -0.3 is 5.32 Å². The largest absolute Gasteiger partial charge is 0.337 e. The van der Waals surface area contributed by atoms with E-state index in [-0.39, 0.29) is 0 Å². The normalized spacial score (nSPS) is 16.6. The van der Waals surface area contributed by atoms with Gasteiger partial charge in [-0.1, -0.05) is 24.6 Å². The van der Waals surface area contributed by atoms with E-state index in [1.54, 1.807) is 6.20 Å². The summed E-state index contributed by atoms with van der Waals surface area (Å²) in [5.74, 6) is 1.33. The molecule has 3 aromatic rings. The molecule has 5 heteroatoms. The lowest BCUT2D eigenvalue weighted by Crippen LogP contribution is -2.05.